The zero-order valence-electron chi connectivity index (χ0n) is 19.6. The zero-order chi connectivity index (χ0) is 24.2. The molecule has 4 rings (SSSR count). The summed E-state index contributed by atoms with van der Waals surface area (Å²) in [6.07, 6.45) is 0.814. The van der Waals surface area contributed by atoms with Gasteiger partial charge in [-0.3, -0.25) is 0 Å². The molecule has 1 aliphatic heterocycles. The van der Waals surface area contributed by atoms with Crippen LogP contribution in [0.3, 0.4) is 0 Å². The molecule has 0 unspecified atom stereocenters. The number of rotatable bonds is 7. The highest BCUT2D eigenvalue weighted by atomic mass is 35.5. The molecule has 176 valence electrons. The van der Waals surface area contributed by atoms with E-state index in [0.717, 1.165) is 40.9 Å². The van der Waals surface area contributed by atoms with E-state index in [1.54, 1.807) is 21.3 Å². The van der Waals surface area contributed by atoms with E-state index in [9.17, 15) is 5.26 Å². The number of ether oxygens (including phenoxy) is 3. The highest BCUT2D eigenvalue weighted by Gasteiger charge is 2.27. The Morgan fingerprint density at radius 1 is 1.12 bits per heavy atom. The van der Waals surface area contributed by atoms with Crippen molar-refractivity contribution in [2.45, 2.75) is 23.7 Å². The SMILES string of the molecule is COc1cc(-c2c(C#N)c(SCc3ccccc3Cl)nc3c2CN(C)CC3)cc(OC)c1OC. The van der Waals surface area contributed by atoms with E-state index in [1.165, 1.54) is 11.8 Å². The van der Waals surface area contributed by atoms with Crippen LogP contribution in [0, 0.1) is 11.3 Å². The number of nitriles is 1. The monoisotopic (exact) mass is 495 g/mol. The molecular weight excluding hydrogens is 470 g/mol. The maximum Gasteiger partial charge on any atom is 0.203 e. The lowest BCUT2D eigenvalue weighted by Gasteiger charge is -2.28. The summed E-state index contributed by atoms with van der Waals surface area (Å²) in [5.41, 5.74) is 5.32. The molecule has 0 saturated heterocycles. The Labute approximate surface area is 209 Å². The van der Waals surface area contributed by atoms with E-state index in [2.05, 4.69) is 18.0 Å². The lowest BCUT2D eigenvalue weighted by Crippen LogP contribution is -2.28. The van der Waals surface area contributed by atoms with Gasteiger partial charge in [0.05, 0.1) is 26.9 Å². The molecule has 0 radical (unpaired) electrons. The van der Waals surface area contributed by atoms with Crippen molar-refractivity contribution in [3.63, 3.8) is 0 Å². The highest BCUT2D eigenvalue weighted by Crippen LogP contribution is 2.45. The van der Waals surface area contributed by atoms with E-state index >= 15 is 0 Å². The molecule has 6 nitrogen and oxygen atoms in total. The molecule has 1 aliphatic rings. The first-order valence-corrected chi connectivity index (χ1v) is 12.2. The number of benzene rings is 2. The fraction of sp³-hybridized carbons (Fsp3) is 0.308. The third kappa shape index (κ3) is 4.67. The average Bonchev–Trinajstić information content (AvgIpc) is 2.86. The molecule has 0 N–H and O–H groups in total. The summed E-state index contributed by atoms with van der Waals surface area (Å²) < 4.78 is 16.7. The fourth-order valence-electron chi connectivity index (χ4n) is 4.18. The van der Waals surface area contributed by atoms with Crippen LogP contribution in [-0.4, -0.2) is 44.8 Å². The highest BCUT2D eigenvalue weighted by molar-refractivity contribution is 7.98. The van der Waals surface area contributed by atoms with Crippen molar-refractivity contribution in [1.82, 2.24) is 9.88 Å². The lowest BCUT2D eigenvalue weighted by atomic mass is 9.91. The zero-order valence-corrected chi connectivity index (χ0v) is 21.2. The van der Waals surface area contributed by atoms with Gasteiger partial charge in [0.2, 0.25) is 5.75 Å². The maximum absolute atomic E-state index is 10.3. The second-order valence-electron chi connectivity index (χ2n) is 7.99. The molecule has 0 amide bonds. The fourth-order valence-corrected chi connectivity index (χ4v) is 5.48. The summed E-state index contributed by atoms with van der Waals surface area (Å²) in [6.45, 7) is 1.62. The Hall–Kier alpha value is -2.92. The number of thioether (sulfide) groups is 1. The largest absolute Gasteiger partial charge is 0.493 e. The van der Waals surface area contributed by atoms with Crippen LogP contribution in [-0.2, 0) is 18.7 Å². The van der Waals surface area contributed by atoms with Crippen molar-refractivity contribution >= 4 is 23.4 Å². The van der Waals surface area contributed by atoms with Crippen LogP contribution >= 0.6 is 23.4 Å². The van der Waals surface area contributed by atoms with Crippen molar-refractivity contribution in [2.24, 2.45) is 0 Å². The van der Waals surface area contributed by atoms with Crippen molar-refractivity contribution < 1.29 is 14.2 Å². The third-order valence-electron chi connectivity index (χ3n) is 5.90. The van der Waals surface area contributed by atoms with Gasteiger partial charge in [-0.05, 0) is 41.9 Å². The van der Waals surface area contributed by atoms with E-state index in [-0.39, 0.29) is 0 Å². The Morgan fingerprint density at radius 2 is 1.82 bits per heavy atom. The predicted molar refractivity (Wildman–Crippen MR) is 135 cm³/mol. The van der Waals surface area contributed by atoms with E-state index in [4.69, 9.17) is 30.8 Å². The van der Waals surface area contributed by atoms with Gasteiger partial charge in [0.15, 0.2) is 11.5 Å². The first kappa shape index (κ1) is 24.2. The molecule has 8 heteroatoms. The van der Waals surface area contributed by atoms with Gasteiger partial charge in [0.25, 0.3) is 0 Å². The number of hydrogen-bond acceptors (Lipinski definition) is 7. The molecule has 0 atom stereocenters. The summed E-state index contributed by atoms with van der Waals surface area (Å²) >= 11 is 7.90. The van der Waals surface area contributed by atoms with Gasteiger partial charge in [-0.2, -0.15) is 5.26 Å². The minimum absolute atomic E-state index is 0.514. The molecule has 0 saturated carbocycles. The Balaban J connectivity index is 1.90. The first-order valence-electron chi connectivity index (χ1n) is 10.8. The number of hydrogen-bond donors (Lipinski definition) is 0. The number of aromatic nitrogens is 1. The quantitative estimate of drug-likeness (QED) is 0.396. The van der Waals surface area contributed by atoms with Crippen LogP contribution in [0.15, 0.2) is 41.4 Å². The second kappa shape index (κ2) is 10.6. The number of nitrogens with zero attached hydrogens (tertiary/aromatic N) is 3. The Morgan fingerprint density at radius 3 is 2.44 bits per heavy atom. The molecule has 0 spiro atoms. The number of methoxy groups -OCH3 is 3. The third-order valence-corrected chi connectivity index (χ3v) is 7.29. The van der Waals surface area contributed by atoms with Gasteiger partial charge in [0.1, 0.15) is 11.1 Å². The molecule has 0 fully saturated rings. The summed E-state index contributed by atoms with van der Waals surface area (Å²) in [5.74, 6) is 2.22. The summed E-state index contributed by atoms with van der Waals surface area (Å²) in [4.78, 5) is 7.19. The number of fused-ring (bicyclic) bond motifs is 1. The molecule has 2 heterocycles. The Bertz CT molecular complexity index is 1230. The van der Waals surface area contributed by atoms with Crippen molar-refractivity contribution in [2.75, 3.05) is 34.9 Å². The lowest BCUT2D eigenvalue weighted by molar-refractivity contribution is 0.309. The van der Waals surface area contributed by atoms with Crippen LogP contribution < -0.4 is 14.2 Å². The van der Waals surface area contributed by atoms with Gasteiger partial charge in [-0.1, -0.05) is 29.8 Å². The van der Waals surface area contributed by atoms with Crippen LogP contribution in [0.25, 0.3) is 11.1 Å². The van der Waals surface area contributed by atoms with Gasteiger partial charge in [-0.25, -0.2) is 4.98 Å². The minimum atomic E-state index is 0.514. The van der Waals surface area contributed by atoms with Gasteiger partial charge in [0, 0.05) is 41.5 Å². The predicted octanol–water partition coefficient (Wildman–Crippen LogP) is 5.58. The second-order valence-corrected chi connectivity index (χ2v) is 9.36. The molecule has 2 aromatic carbocycles. The van der Waals surface area contributed by atoms with E-state index < -0.39 is 0 Å². The van der Waals surface area contributed by atoms with Crippen molar-refractivity contribution in [3.05, 3.63) is 63.8 Å². The molecule has 0 aliphatic carbocycles. The topological polar surface area (TPSA) is 67.6 Å². The minimum Gasteiger partial charge on any atom is -0.493 e. The summed E-state index contributed by atoms with van der Waals surface area (Å²) in [6, 6.07) is 14.0. The molecule has 3 aromatic rings. The first-order chi connectivity index (χ1) is 16.5. The van der Waals surface area contributed by atoms with Gasteiger partial charge >= 0.3 is 0 Å². The molecule has 0 bridgehead atoms. The summed E-state index contributed by atoms with van der Waals surface area (Å²) in [5, 5.41) is 11.7. The van der Waals surface area contributed by atoms with Crippen LogP contribution in [0.4, 0.5) is 0 Å². The number of likely N-dealkylation sites (N-methyl/N-ethyl adjacent to an activating group) is 1. The number of pyridine rings is 1. The Kier molecular flexibility index (Phi) is 7.52. The van der Waals surface area contributed by atoms with Crippen LogP contribution in [0.1, 0.15) is 22.4 Å². The van der Waals surface area contributed by atoms with Crippen molar-refractivity contribution in [3.8, 4) is 34.4 Å². The molecular formula is C26H26ClN3O3S. The van der Waals surface area contributed by atoms with Gasteiger partial charge < -0.3 is 19.1 Å². The molecule has 1 aromatic heterocycles. The van der Waals surface area contributed by atoms with Crippen LogP contribution in [0.2, 0.25) is 5.02 Å². The van der Waals surface area contributed by atoms with E-state index in [1.807, 2.05) is 36.4 Å². The number of halogens is 1. The normalized spacial score (nSPS) is 13.2. The summed E-state index contributed by atoms with van der Waals surface area (Å²) in [7, 11) is 6.83. The van der Waals surface area contributed by atoms with Gasteiger partial charge in [-0.15, -0.1) is 11.8 Å². The smallest absolute Gasteiger partial charge is 0.203 e. The maximum atomic E-state index is 10.3. The molecule has 34 heavy (non-hydrogen) atoms. The average molecular weight is 496 g/mol. The van der Waals surface area contributed by atoms with E-state index in [0.29, 0.717) is 45.2 Å². The van der Waals surface area contributed by atoms with Crippen molar-refractivity contribution in [1.29, 1.82) is 5.26 Å². The standard InChI is InChI=1S/C26H26ClN3O3S/c1-30-10-9-21-19(14-30)24(17-11-22(31-2)25(33-4)23(12-17)32-3)18(13-28)26(29-21)34-15-16-7-5-6-8-20(16)27/h5-8,11-12H,9-10,14-15H2,1-4H3. The van der Waals surface area contributed by atoms with Crippen LogP contribution in [0.5, 0.6) is 17.2 Å².